The van der Waals surface area contributed by atoms with Gasteiger partial charge in [0.05, 0.1) is 6.61 Å². The third-order valence-corrected chi connectivity index (χ3v) is 6.28. The molecule has 0 saturated carbocycles. The Morgan fingerprint density at radius 2 is 2.08 bits per heavy atom. The largest absolute Gasteiger partial charge is 0.384 e. The van der Waals surface area contributed by atoms with Crippen molar-refractivity contribution in [3.8, 4) is 0 Å². The molecular formula is C19H32N4OS. The van der Waals surface area contributed by atoms with E-state index in [2.05, 4.69) is 37.6 Å². The van der Waals surface area contributed by atoms with Crippen molar-refractivity contribution < 1.29 is 4.74 Å². The van der Waals surface area contributed by atoms with E-state index in [4.69, 9.17) is 4.74 Å². The Kier molecular flexibility index (Phi) is 7.13. The van der Waals surface area contributed by atoms with Gasteiger partial charge in [0.15, 0.2) is 5.96 Å². The van der Waals surface area contributed by atoms with Gasteiger partial charge in [-0.2, -0.15) is 0 Å². The molecule has 3 heterocycles. The van der Waals surface area contributed by atoms with Crippen molar-refractivity contribution in [1.82, 2.24) is 15.1 Å². The second-order valence-electron chi connectivity index (χ2n) is 7.28. The van der Waals surface area contributed by atoms with Crippen LogP contribution in [0.25, 0.3) is 0 Å². The molecule has 5 nitrogen and oxygen atoms in total. The van der Waals surface area contributed by atoms with E-state index in [-0.39, 0.29) is 0 Å². The van der Waals surface area contributed by atoms with Gasteiger partial charge in [-0.25, -0.2) is 0 Å². The molecule has 140 valence electrons. The minimum Gasteiger partial charge on any atom is -0.384 e. The summed E-state index contributed by atoms with van der Waals surface area (Å²) in [6.07, 6.45) is 3.76. The number of nitrogens with one attached hydrogen (secondary N) is 1. The molecule has 0 aliphatic carbocycles. The molecule has 1 atom stereocenters. The molecular weight excluding hydrogens is 332 g/mol. The summed E-state index contributed by atoms with van der Waals surface area (Å²) in [5, 5.41) is 5.80. The Hall–Kier alpha value is -1.11. The van der Waals surface area contributed by atoms with E-state index < -0.39 is 0 Å². The van der Waals surface area contributed by atoms with Gasteiger partial charge in [-0.05, 0) is 49.7 Å². The number of methoxy groups -OCH3 is 1. The SMILES string of the molecule is CN=C(NCC1CCN(Cc2cccs2)CC1)N1CCC(COC)C1. The lowest BCUT2D eigenvalue weighted by Crippen LogP contribution is -2.44. The first-order valence-corrected chi connectivity index (χ1v) is 10.4. The summed E-state index contributed by atoms with van der Waals surface area (Å²) in [6, 6.07) is 4.40. The van der Waals surface area contributed by atoms with E-state index in [1.54, 1.807) is 7.11 Å². The van der Waals surface area contributed by atoms with Gasteiger partial charge >= 0.3 is 0 Å². The molecule has 2 aliphatic rings. The maximum Gasteiger partial charge on any atom is 0.193 e. The van der Waals surface area contributed by atoms with Gasteiger partial charge in [0.25, 0.3) is 0 Å². The Morgan fingerprint density at radius 3 is 2.76 bits per heavy atom. The minimum absolute atomic E-state index is 0.643. The predicted molar refractivity (Wildman–Crippen MR) is 105 cm³/mol. The Bertz CT molecular complexity index is 526. The van der Waals surface area contributed by atoms with Gasteiger partial charge in [-0.15, -0.1) is 11.3 Å². The zero-order chi connectivity index (χ0) is 17.5. The molecule has 0 amide bonds. The number of ether oxygens (including phenoxy) is 1. The van der Waals surface area contributed by atoms with E-state index >= 15 is 0 Å². The van der Waals surface area contributed by atoms with Gasteiger partial charge < -0.3 is 15.0 Å². The molecule has 1 aromatic heterocycles. The average Bonchev–Trinajstić information content (AvgIpc) is 3.30. The zero-order valence-corrected chi connectivity index (χ0v) is 16.4. The number of nitrogens with zero attached hydrogens (tertiary/aromatic N) is 3. The summed E-state index contributed by atoms with van der Waals surface area (Å²) in [5.74, 6) is 2.47. The van der Waals surface area contributed by atoms with Crippen LogP contribution in [0.1, 0.15) is 24.1 Å². The maximum absolute atomic E-state index is 5.30. The van der Waals surface area contributed by atoms with Gasteiger partial charge in [0, 0.05) is 51.1 Å². The smallest absolute Gasteiger partial charge is 0.193 e. The average molecular weight is 365 g/mol. The van der Waals surface area contributed by atoms with Crippen molar-refractivity contribution in [3.05, 3.63) is 22.4 Å². The molecule has 0 spiro atoms. The summed E-state index contributed by atoms with van der Waals surface area (Å²) in [6.45, 7) is 7.60. The van der Waals surface area contributed by atoms with Crippen LogP contribution in [0, 0.1) is 11.8 Å². The van der Waals surface area contributed by atoms with Crippen molar-refractivity contribution in [3.63, 3.8) is 0 Å². The van der Waals surface area contributed by atoms with Gasteiger partial charge in [-0.1, -0.05) is 6.07 Å². The molecule has 0 aromatic carbocycles. The standard InChI is InChI=1S/C19H32N4OS/c1-20-19(23-10-7-17(13-23)15-24-2)21-12-16-5-8-22(9-6-16)14-18-4-3-11-25-18/h3-4,11,16-17H,5-10,12-15H2,1-2H3,(H,20,21). The highest BCUT2D eigenvalue weighted by Crippen LogP contribution is 2.21. The van der Waals surface area contributed by atoms with Gasteiger partial charge in [0.1, 0.15) is 0 Å². The first-order valence-electron chi connectivity index (χ1n) is 9.47. The highest BCUT2D eigenvalue weighted by Gasteiger charge is 2.25. The molecule has 1 aromatic rings. The molecule has 2 saturated heterocycles. The van der Waals surface area contributed by atoms with Crippen molar-refractivity contribution in [1.29, 1.82) is 0 Å². The van der Waals surface area contributed by atoms with E-state index in [0.29, 0.717) is 5.92 Å². The third-order valence-electron chi connectivity index (χ3n) is 5.42. The van der Waals surface area contributed by atoms with Crippen LogP contribution in [0.5, 0.6) is 0 Å². The zero-order valence-electron chi connectivity index (χ0n) is 15.6. The number of guanidine groups is 1. The van der Waals surface area contributed by atoms with Crippen LogP contribution < -0.4 is 5.32 Å². The Labute approximate surface area is 156 Å². The number of likely N-dealkylation sites (tertiary alicyclic amines) is 2. The van der Waals surface area contributed by atoms with E-state index in [1.807, 2.05) is 18.4 Å². The van der Waals surface area contributed by atoms with Crippen LogP contribution in [0.3, 0.4) is 0 Å². The number of hydrogen-bond acceptors (Lipinski definition) is 4. The van der Waals surface area contributed by atoms with Crippen LogP contribution in [0.4, 0.5) is 0 Å². The first-order chi connectivity index (χ1) is 12.3. The second kappa shape index (κ2) is 9.55. The predicted octanol–water partition coefficient (Wildman–Crippen LogP) is 2.50. The van der Waals surface area contributed by atoms with Crippen molar-refractivity contribution in [2.75, 3.05) is 53.5 Å². The topological polar surface area (TPSA) is 40.1 Å². The quantitative estimate of drug-likeness (QED) is 0.622. The number of rotatable bonds is 6. The summed E-state index contributed by atoms with van der Waals surface area (Å²) >= 11 is 1.87. The van der Waals surface area contributed by atoms with Crippen LogP contribution in [-0.2, 0) is 11.3 Å². The molecule has 1 unspecified atom stereocenters. The summed E-state index contributed by atoms with van der Waals surface area (Å²) in [7, 11) is 3.69. The molecule has 3 rings (SSSR count). The first kappa shape index (κ1) is 18.7. The van der Waals surface area contributed by atoms with E-state index in [1.165, 1.54) is 37.2 Å². The fourth-order valence-electron chi connectivity index (χ4n) is 3.94. The number of aliphatic imine (C=N–C) groups is 1. The van der Waals surface area contributed by atoms with Crippen LogP contribution in [0.15, 0.2) is 22.5 Å². The number of thiophene rings is 1. The Morgan fingerprint density at radius 1 is 1.28 bits per heavy atom. The lowest BCUT2D eigenvalue weighted by Gasteiger charge is -2.32. The van der Waals surface area contributed by atoms with Crippen LogP contribution in [-0.4, -0.2) is 69.2 Å². The lowest BCUT2D eigenvalue weighted by molar-refractivity contribution is 0.157. The molecule has 6 heteroatoms. The van der Waals surface area contributed by atoms with Crippen molar-refractivity contribution in [2.24, 2.45) is 16.8 Å². The fraction of sp³-hybridized carbons (Fsp3) is 0.737. The monoisotopic (exact) mass is 364 g/mol. The normalized spacial score (nSPS) is 23.4. The molecule has 0 radical (unpaired) electrons. The van der Waals surface area contributed by atoms with E-state index in [9.17, 15) is 0 Å². The summed E-state index contributed by atoms with van der Waals surface area (Å²) < 4.78 is 5.30. The van der Waals surface area contributed by atoms with Crippen molar-refractivity contribution in [2.45, 2.75) is 25.8 Å². The summed E-state index contributed by atoms with van der Waals surface area (Å²) in [4.78, 5) is 11.0. The molecule has 2 fully saturated rings. The van der Waals surface area contributed by atoms with Gasteiger partial charge in [0.2, 0.25) is 0 Å². The fourth-order valence-corrected chi connectivity index (χ4v) is 4.68. The molecule has 25 heavy (non-hydrogen) atoms. The minimum atomic E-state index is 0.643. The number of piperidine rings is 1. The summed E-state index contributed by atoms with van der Waals surface area (Å²) in [5.41, 5.74) is 0. The maximum atomic E-state index is 5.30. The second-order valence-corrected chi connectivity index (χ2v) is 8.32. The molecule has 2 aliphatic heterocycles. The van der Waals surface area contributed by atoms with Crippen molar-refractivity contribution >= 4 is 17.3 Å². The van der Waals surface area contributed by atoms with Crippen LogP contribution >= 0.6 is 11.3 Å². The Balaban J connectivity index is 1.37. The lowest BCUT2D eigenvalue weighted by atomic mass is 9.97. The third kappa shape index (κ3) is 5.43. The highest BCUT2D eigenvalue weighted by molar-refractivity contribution is 7.09. The van der Waals surface area contributed by atoms with Crippen LogP contribution in [0.2, 0.25) is 0 Å². The molecule has 1 N–H and O–H groups in total. The number of hydrogen-bond donors (Lipinski definition) is 1. The highest BCUT2D eigenvalue weighted by atomic mass is 32.1. The van der Waals surface area contributed by atoms with E-state index in [0.717, 1.165) is 44.7 Å². The molecule has 0 bridgehead atoms. The van der Waals surface area contributed by atoms with Gasteiger partial charge in [-0.3, -0.25) is 9.89 Å².